The molecule has 0 aliphatic heterocycles. The van der Waals surface area contributed by atoms with Crippen LogP contribution in [0, 0.1) is 13.8 Å². The van der Waals surface area contributed by atoms with Gasteiger partial charge in [-0.2, -0.15) is 0 Å². The molecule has 4 aromatic rings. The van der Waals surface area contributed by atoms with Crippen LogP contribution in [0.5, 0.6) is 11.5 Å². The van der Waals surface area contributed by atoms with Crippen molar-refractivity contribution < 1.29 is 38.1 Å². The fraction of sp³-hybridized carbons (Fsp3) is 0.333. The van der Waals surface area contributed by atoms with Crippen LogP contribution in [0.2, 0.25) is 0 Å². The van der Waals surface area contributed by atoms with E-state index >= 15 is 0 Å². The van der Waals surface area contributed by atoms with Crippen molar-refractivity contribution in [1.29, 1.82) is 0 Å². The van der Waals surface area contributed by atoms with Gasteiger partial charge in [0.15, 0.2) is 22.5 Å². The van der Waals surface area contributed by atoms with Crippen LogP contribution in [0.4, 0.5) is 5.00 Å². The Morgan fingerprint density at radius 3 is 2.31 bits per heavy atom. The molecule has 2 N–H and O–H groups in total. The van der Waals surface area contributed by atoms with Gasteiger partial charge in [-0.15, -0.1) is 21.5 Å². The first-order valence-corrected chi connectivity index (χ1v) is 16.7. The molecule has 0 saturated carbocycles. The molecule has 2 amide bonds. The van der Waals surface area contributed by atoms with Gasteiger partial charge in [0.25, 0.3) is 5.91 Å². The van der Waals surface area contributed by atoms with Gasteiger partial charge in [-0.1, -0.05) is 23.9 Å². The van der Waals surface area contributed by atoms with Crippen LogP contribution in [0.25, 0.3) is 5.69 Å². The average molecular weight is 696 g/mol. The summed E-state index contributed by atoms with van der Waals surface area (Å²) in [6, 6.07) is 12.5. The number of nitrogens with one attached hydrogen (secondary N) is 2. The third-order valence-electron chi connectivity index (χ3n) is 6.99. The highest BCUT2D eigenvalue weighted by molar-refractivity contribution is 8.00. The molecule has 0 aliphatic carbocycles. The number of benzene rings is 2. The highest BCUT2D eigenvalue weighted by Crippen LogP contribution is 2.35. The van der Waals surface area contributed by atoms with Gasteiger partial charge in [0.05, 0.1) is 44.8 Å². The maximum atomic E-state index is 13.5. The zero-order valence-electron chi connectivity index (χ0n) is 27.7. The van der Waals surface area contributed by atoms with Crippen molar-refractivity contribution in [2.45, 2.75) is 51.6 Å². The quantitative estimate of drug-likeness (QED) is 0.129. The fourth-order valence-electron chi connectivity index (χ4n) is 4.62. The summed E-state index contributed by atoms with van der Waals surface area (Å²) in [4.78, 5) is 52.2. The molecule has 0 fully saturated rings. The number of rotatable bonds is 14. The minimum atomic E-state index is -0.726. The lowest BCUT2D eigenvalue weighted by molar-refractivity contribution is -0.115. The highest BCUT2D eigenvalue weighted by Gasteiger charge is 2.29. The Bertz CT molecular complexity index is 1820. The largest absolute Gasteiger partial charge is 0.493 e. The number of carbonyl (C=O) groups is 4. The van der Waals surface area contributed by atoms with Crippen molar-refractivity contribution in [2.75, 3.05) is 32.8 Å². The Kier molecular flexibility index (Phi) is 12.2. The number of amides is 2. The predicted molar refractivity (Wildman–Crippen MR) is 182 cm³/mol. The molecule has 0 radical (unpaired) electrons. The van der Waals surface area contributed by atoms with Crippen molar-refractivity contribution in [3.63, 3.8) is 0 Å². The number of carbonyl (C=O) groups excluding carboxylic acids is 4. The van der Waals surface area contributed by atoms with Crippen molar-refractivity contribution in [3.8, 4) is 17.2 Å². The Hall–Kier alpha value is -4.89. The maximum Gasteiger partial charge on any atom is 0.348 e. The van der Waals surface area contributed by atoms with Gasteiger partial charge < -0.3 is 29.6 Å². The first-order valence-electron chi connectivity index (χ1n) is 15.0. The smallest absolute Gasteiger partial charge is 0.348 e. The molecule has 4 rings (SSSR count). The van der Waals surface area contributed by atoms with E-state index in [4.69, 9.17) is 18.9 Å². The molecule has 0 saturated heterocycles. The summed E-state index contributed by atoms with van der Waals surface area (Å²) in [5.74, 6) is -0.696. The molecule has 0 bridgehead atoms. The molecule has 1 atom stereocenters. The lowest BCUT2D eigenvalue weighted by Gasteiger charge is -2.15. The van der Waals surface area contributed by atoms with Crippen molar-refractivity contribution in [3.05, 3.63) is 75.4 Å². The van der Waals surface area contributed by atoms with Crippen molar-refractivity contribution in [1.82, 2.24) is 20.1 Å². The van der Waals surface area contributed by atoms with Crippen LogP contribution in [-0.2, 0) is 20.8 Å². The fourth-order valence-corrected chi connectivity index (χ4v) is 6.60. The minimum absolute atomic E-state index is 0.0310. The summed E-state index contributed by atoms with van der Waals surface area (Å²) < 4.78 is 22.7. The van der Waals surface area contributed by atoms with E-state index in [2.05, 4.69) is 20.8 Å². The van der Waals surface area contributed by atoms with Gasteiger partial charge in [0.1, 0.15) is 9.88 Å². The first-order chi connectivity index (χ1) is 23.0. The summed E-state index contributed by atoms with van der Waals surface area (Å²) in [5.41, 5.74) is 2.56. The van der Waals surface area contributed by atoms with E-state index in [1.165, 1.54) is 14.2 Å². The summed E-state index contributed by atoms with van der Waals surface area (Å²) in [7, 11) is 3.01. The Morgan fingerprint density at radius 1 is 0.938 bits per heavy atom. The Morgan fingerprint density at radius 2 is 1.65 bits per heavy atom. The molecular weight excluding hydrogens is 659 g/mol. The highest BCUT2D eigenvalue weighted by atomic mass is 32.2. The van der Waals surface area contributed by atoms with Gasteiger partial charge in [-0.05, 0) is 76.1 Å². The van der Waals surface area contributed by atoms with Gasteiger partial charge >= 0.3 is 11.9 Å². The van der Waals surface area contributed by atoms with E-state index < -0.39 is 23.1 Å². The number of thiophene rings is 1. The van der Waals surface area contributed by atoms with Crippen LogP contribution in [0.3, 0.4) is 0 Å². The Balaban J connectivity index is 1.59. The molecule has 15 heteroatoms. The number of aromatic nitrogens is 3. The van der Waals surface area contributed by atoms with Crippen LogP contribution in [0.15, 0.2) is 47.6 Å². The number of anilines is 1. The van der Waals surface area contributed by atoms with Crippen LogP contribution < -0.4 is 20.1 Å². The maximum absolute atomic E-state index is 13.5. The summed E-state index contributed by atoms with van der Waals surface area (Å²) in [5, 5.41) is 14.2. The number of thioether (sulfide) groups is 1. The molecule has 13 nitrogen and oxygen atoms in total. The molecule has 48 heavy (non-hydrogen) atoms. The summed E-state index contributed by atoms with van der Waals surface area (Å²) in [6.45, 7) is 8.90. The van der Waals surface area contributed by atoms with Gasteiger partial charge in [-0.25, -0.2) is 9.59 Å². The molecule has 0 unspecified atom stereocenters. The molecule has 0 spiro atoms. The molecule has 254 valence electrons. The molecule has 2 aromatic heterocycles. The van der Waals surface area contributed by atoms with Gasteiger partial charge in [-0.3, -0.25) is 14.2 Å². The van der Waals surface area contributed by atoms with Crippen LogP contribution in [-0.4, -0.2) is 71.2 Å². The van der Waals surface area contributed by atoms with E-state index in [-0.39, 0.29) is 41.1 Å². The first kappa shape index (κ1) is 36.0. The standard InChI is InChI=1S/C33H37N5O8S2/c1-8-45-31(41)26-19(4)27(32(42)46-9-2)48-30(26)35-28(39)20(5)47-33-37-36-25(38(33)22-12-10-11-18(3)15-22)17-34-29(40)21-13-14-23(43-6)24(16-21)44-7/h10-16,20H,8-9,17H2,1-7H3,(H,34,40)(H,35,39)/t20-/m0/s1. The minimum Gasteiger partial charge on any atom is -0.493 e. The monoisotopic (exact) mass is 695 g/mol. The second-order valence-corrected chi connectivity index (χ2v) is 12.6. The van der Waals surface area contributed by atoms with Crippen LogP contribution >= 0.6 is 23.1 Å². The number of hydrogen-bond donors (Lipinski definition) is 2. The second kappa shape index (κ2) is 16.3. The number of methoxy groups -OCH3 is 2. The van der Waals surface area contributed by atoms with Gasteiger partial charge in [0.2, 0.25) is 5.91 Å². The van der Waals surface area contributed by atoms with Crippen LogP contribution in [0.1, 0.15) is 68.1 Å². The van der Waals surface area contributed by atoms with Gasteiger partial charge in [0, 0.05) is 11.3 Å². The number of nitrogens with zero attached hydrogens (tertiary/aromatic N) is 3. The zero-order valence-corrected chi connectivity index (χ0v) is 29.3. The van der Waals surface area contributed by atoms with Crippen molar-refractivity contribution in [2.24, 2.45) is 0 Å². The Labute approximate surface area is 286 Å². The molecule has 0 aliphatic rings. The van der Waals surface area contributed by atoms with Crippen molar-refractivity contribution >= 4 is 51.9 Å². The third-order valence-corrected chi connectivity index (χ3v) is 9.22. The number of ether oxygens (including phenoxy) is 4. The summed E-state index contributed by atoms with van der Waals surface area (Å²) >= 11 is 2.09. The predicted octanol–water partition coefficient (Wildman–Crippen LogP) is 5.37. The number of aryl methyl sites for hydroxylation is 1. The number of hydrogen-bond acceptors (Lipinski definition) is 12. The molecule has 2 heterocycles. The van der Waals surface area contributed by atoms with E-state index in [9.17, 15) is 19.2 Å². The summed E-state index contributed by atoms with van der Waals surface area (Å²) in [6.07, 6.45) is 0. The molecule has 2 aromatic carbocycles. The normalized spacial score (nSPS) is 11.4. The lowest BCUT2D eigenvalue weighted by Crippen LogP contribution is -2.25. The average Bonchev–Trinajstić information content (AvgIpc) is 3.62. The zero-order chi connectivity index (χ0) is 35.0. The van der Waals surface area contributed by atoms with E-state index in [0.717, 1.165) is 34.3 Å². The third kappa shape index (κ3) is 8.15. The SMILES string of the molecule is CCOC(=O)c1sc(NC(=O)[C@H](C)Sc2nnc(CNC(=O)c3ccc(OC)c(OC)c3)n2-c2cccc(C)c2)c(C(=O)OCC)c1C. The van der Waals surface area contributed by atoms with E-state index in [0.29, 0.717) is 33.6 Å². The molecular formula is C33H37N5O8S2. The van der Waals surface area contributed by atoms with E-state index in [1.54, 1.807) is 50.5 Å². The van der Waals surface area contributed by atoms with E-state index in [1.807, 2.05) is 31.2 Å². The lowest BCUT2D eigenvalue weighted by atomic mass is 10.1. The number of esters is 2. The second-order valence-electron chi connectivity index (χ2n) is 10.3. The topological polar surface area (TPSA) is 160 Å².